The summed E-state index contributed by atoms with van der Waals surface area (Å²) in [6.45, 7) is -0.227. The van der Waals surface area contributed by atoms with Gasteiger partial charge in [0.15, 0.2) is 11.6 Å². The molecule has 0 saturated carbocycles. The quantitative estimate of drug-likeness (QED) is 0.144. The lowest BCUT2D eigenvalue weighted by Crippen LogP contribution is -2.68. The molecule has 50 heavy (non-hydrogen) atoms. The minimum absolute atomic E-state index is 0.106. The largest absolute Gasteiger partial charge is 0.477 e. The number of aliphatic hydroxyl groups excluding tert-OH is 2. The van der Waals surface area contributed by atoms with E-state index in [4.69, 9.17) is 25.8 Å². The molecule has 16 heteroatoms. The summed E-state index contributed by atoms with van der Waals surface area (Å²) in [6.07, 6.45) is -8.78. The van der Waals surface area contributed by atoms with Crippen LogP contribution in [-0.4, -0.2) is 88.5 Å². The van der Waals surface area contributed by atoms with Gasteiger partial charge in [0.05, 0.1) is 25.2 Å². The Bertz CT molecular complexity index is 1650. The third kappa shape index (κ3) is 9.95. The number of amides is 3. The van der Waals surface area contributed by atoms with Crippen LogP contribution in [0.25, 0.3) is 0 Å². The average molecular weight is 720 g/mol. The summed E-state index contributed by atoms with van der Waals surface area (Å²) >= 11 is 5.86. The number of carbonyl (C=O) groups is 4. The van der Waals surface area contributed by atoms with Gasteiger partial charge in [-0.25, -0.2) is 18.4 Å². The van der Waals surface area contributed by atoms with Gasteiger partial charge in [0.2, 0.25) is 5.91 Å². The molecule has 1 heterocycles. The van der Waals surface area contributed by atoms with E-state index in [1.54, 1.807) is 0 Å². The maximum absolute atomic E-state index is 14.5. The molecule has 6 N–H and O–H groups in total. The Balaban J connectivity index is 1.60. The van der Waals surface area contributed by atoms with E-state index in [9.17, 15) is 43.3 Å². The number of ether oxygens (including phenoxy) is 3. The number of alkyl carbamates (subject to hydrolysis) is 1. The number of benzene rings is 3. The van der Waals surface area contributed by atoms with Gasteiger partial charge in [0.25, 0.3) is 11.7 Å². The zero-order valence-corrected chi connectivity index (χ0v) is 27.4. The molecule has 1 aliphatic rings. The molecule has 1 fully saturated rings. The van der Waals surface area contributed by atoms with Crippen LogP contribution >= 0.6 is 11.6 Å². The van der Waals surface area contributed by atoms with Gasteiger partial charge < -0.3 is 45.5 Å². The molecule has 4 rings (SSSR count). The van der Waals surface area contributed by atoms with Crippen molar-refractivity contribution in [2.45, 2.75) is 62.6 Å². The van der Waals surface area contributed by atoms with Gasteiger partial charge in [0, 0.05) is 36.2 Å². The first-order valence-corrected chi connectivity index (χ1v) is 15.8. The number of aliphatic hydroxyl groups is 2. The molecule has 0 bridgehead atoms. The molecule has 0 spiro atoms. The highest BCUT2D eigenvalue weighted by Crippen LogP contribution is 2.36. The molecule has 1 aliphatic heterocycles. The Labute approximate surface area is 290 Å². The first kappa shape index (κ1) is 38.1. The summed E-state index contributed by atoms with van der Waals surface area (Å²) < 4.78 is 45.3. The molecule has 3 amide bonds. The van der Waals surface area contributed by atoms with E-state index in [1.165, 1.54) is 30.3 Å². The van der Waals surface area contributed by atoms with Crippen LogP contribution in [0, 0.1) is 11.6 Å². The molecular weight excluding hydrogens is 684 g/mol. The molecule has 1 saturated heterocycles. The van der Waals surface area contributed by atoms with Crippen molar-refractivity contribution < 1.29 is 57.5 Å². The lowest BCUT2D eigenvalue weighted by atomic mass is 9.88. The Morgan fingerprint density at radius 2 is 1.70 bits per heavy atom. The summed E-state index contributed by atoms with van der Waals surface area (Å²) in [5.74, 6) is -8.49. The lowest BCUT2D eigenvalue weighted by molar-refractivity contribution is -0.313. The molecule has 0 aromatic heterocycles. The molecule has 0 unspecified atom stereocenters. The summed E-state index contributed by atoms with van der Waals surface area (Å²) in [5, 5.41) is 40.5. The second-order valence-corrected chi connectivity index (χ2v) is 11.9. The predicted molar refractivity (Wildman–Crippen MR) is 173 cm³/mol. The van der Waals surface area contributed by atoms with Gasteiger partial charge >= 0.3 is 12.1 Å². The molecular formula is C34H36ClF2N3O10. The number of nitrogens with one attached hydrogen (secondary N) is 3. The van der Waals surface area contributed by atoms with Gasteiger partial charge in [-0.05, 0) is 42.3 Å². The van der Waals surface area contributed by atoms with Crippen molar-refractivity contribution in [2.75, 3.05) is 13.1 Å². The molecule has 0 aliphatic carbocycles. The first-order chi connectivity index (χ1) is 23.8. The fourth-order valence-corrected chi connectivity index (χ4v) is 5.40. The average Bonchev–Trinajstić information content (AvgIpc) is 3.08. The topological polar surface area (TPSA) is 193 Å². The Hall–Kier alpha value is -4.67. The number of aliphatic carboxylic acids is 1. The summed E-state index contributed by atoms with van der Waals surface area (Å²) in [5.41, 5.74) is 0.699. The lowest BCUT2D eigenvalue weighted by Gasteiger charge is -2.47. The Morgan fingerprint density at radius 1 is 1.00 bits per heavy atom. The van der Waals surface area contributed by atoms with E-state index in [-0.39, 0.29) is 17.7 Å². The second kappa shape index (κ2) is 17.3. The minimum Gasteiger partial charge on any atom is -0.477 e. The zero-order valence-electron chi connectivity index (χ0n) is 26.7. The molecule has 268 valence electrons. The van der Waals surface area contributed by atoms with E-state index in [2.05, 4.69) is 16.0 Å². The number of hydrogen-bond acceptors (Lipinski definition) is 9. The zero-order chi connectivity index (χ0) is 36.4. The van der Waals surface area contributed by atoms with Crippen molar-refractivity contribution in [3.63, 3.8) is 0 Å². The van der Waals surface area contributed by atoms with Crippen LogP contribution in [0.5, 0.6) is 0 Å². The third-order valence-corrected chi connectivity index (χ3v) is 8.08. The van der Waals surface area contributed by atoms with E-state index in [1.807, 2.05) is 30.3 Å². The van der Waals surface area contributed by atoms with Crippen LogP contribution in [0.15, 0.2) is 72.8 Å². The van der Waals surface area contributed by atoms with E-state index < -0.39 is 91.3 Å². The van der Waals surface area contributed by atoms with Crippen molar-refractivity contribution in [3.8, 4) is 0 Å². The number of carbonyl (C=O) groups excluding carboxylic acids is 3. The first-order valence-electron chi connectivity index (χ1n) is 15.4. The van der Waals surface area contributed by atoms with Crippen molar-refractivity contribution in [3.05, 3.63) is 106 Å². The van der Waals surface area contributed by atoms with E-state index >= 15 is 0 Å². The van der Waals surface area contributed by atoms with E-state index in [0.717, 1.165) is 24.6 Å². The fourth-order valence-electron chi connectivity index (χ4n) is 5.27. The molecule has 6 atom stereocenters. The maximum Gasteiger partial charge on any atom is 0.407 e. The summed E-state index contributed by atoms with van der Waals surface area (Å²) in [7, 11) is 0. The number of hydrogen-bond donors (Lipinski definition) is 6. The Kier molecular flexibility index (Phi) is 13.2. The molecule has 0 radical (unpaired) electrons. The normalized spacial score (nSPS) is 21.4. The van der Waals surface area contributed by atoms with Crippen LogP contribution in [0.2, 0.25) is 5.02 Å². The number of halogens is 3. The number of carboxylic acids is 1. The van der Waals surface area contributed by atoms with Gasteiger partial charge in [-0.15, -0.1) is 0 Å². The highest BCUT2D eigenvalue weighted by Gasteiger charge is 2.57. The van der Waals surface area contributed by atoms with Crippen LogP contribution in [0.1, 0.15) is 34.8 Å². The minimum atomic E-state index is -2.79. The van der Waals surface area contributed by atoms with Crippen molar-refractivity contribution >= 4 is 35.5 Å². The Morgan fingerprint density at radius 3 is 2.36 bits per heavy atom. The van der Waals surface area contributed by atoms with Gasteiger partial charge in [0.1, 0.15) is 18.3 Å². The SMILES string of the molecule is CC(=O)N[C@H]1[C@H]([C@H](O)[C@H](O)CNC(=O)c2ccc(Cl)cc2)O[C@@](OCc2cccc(F)c2F)(C(=O)O)C[C@@H]1OC(=O)NCCc1ccccc1. The maximum atomic E-state index is 14.5. The summed E-state index contributed by atoms with van der Waals surface area (Å²) in [4.78, 5) is 50.7. The highest BCUT2D eigenvalue weighted by atomic mass is 35.5. The van der Waals surface area contributed by atoms with Crippen molar-refractivity contribution in [1.82, 2.24) is 16.0 Å². The van der Waals surface area contributed by atoms with Gasteiger partial charge in [-0.1, -0.05) is 54.1 Å². The smallest absolute Gasteiger partial charge is 0.407 e. The van der Waals surface area contributed by atoms with Crippen LogP contribution < -0.4 is 16.0 Å². The van der Waals surface area contributed by atoms with Gasteiger partial charge in [-0.2, -0.15) is 0 Å². The monoisotopic (exact) mass is 719 g/mol. The van der Waals surface area contributed by atoms with Crippen molar-refractivity contribution in [2.24, 2.45) is 0 Å². The van der Waals surface area contributed by atoms with Crippen LogP contribution in [0.4, 0.5) is 13.6 Å². The number of rotatable bonds is 14. The fraction of sp³-hybridized carbons (Fsp3) is 0.353. The van der Waals surface area contributed by atoms with Crippen LogP contribution in [-0.2, 0) is 36.8 Å². The molecule has 13 nitrogen and oxygen atoms in total. The van der Waals surface area contributed by atoms with Crippen LogP contribution in [0.3, 0.4) is 0 Å². The molecule has 3 aromatic carbocycles. The summed E-state index contributed by atoms with van der Waals surface area (Å²) in [6, 6.07) is 16.6. The second-order valence-electron chi connectivity index (χ2n) is 11.5. The third-order valence-electron chi connectivity index (χ3n) is 7.83. The molecule has 3 aromatic rings. The highest BCUT2D eigenvalue weighted by molar-refractivity contribution is 6.30. The number of carboxylic acid groups (broad SMARTS) is 1. The standard InChI is InChI=1S/C34H36ClF2N3O10/c1-19(41)40-28-26(49-33(47)38-15-14-20-6-3-2-4-7-20)16-34(32(45)46,48-18-22-8-5-9-24(36)27(22)37)50-30(28)29(43)25(42)17-39-31(44)21-10-12-23(35)13-11-21/h2-13,25-26,28-30,42-43H,14-18H2,1H3,(H,38,47)(H,39,44)(H,40,41)(H,45,46)/t25-,26+,28-,29-,30-,34-/m1/s1. The van der Waals surface area contributed by atoms with E-state index in [0.29, 0.717) is 11.4 Å². The van der Waals surface area contributed by atoms with Crippen molar-refractivity contribution in [1.29, 1.82) is 0 Å². The predicted octanol–water partition coefficient (Wildman–Crippen LogP) is 2.70. The van der Waals surface area contributed by atoms with Gasteiger partial charge in [-0.3, -0.25) is 9.59 Å².